The van der Waals surface area contributed by atoms with Crippen LogP contribution in [0.4, 0.5) is 5.69 Å². The molecule has 36 heavy (non-hydrogen) atoms. The van der Waals surface area contributed by atoms with Crippen molar-refractivity contribution in [3.63, 3.8) is 0 Å². The first-order valence-corrected chi connectivity index (χ1v) is 12.1. The van der Waals surface area contributed by atoms with Crippen LogP contribution in [0.1, 0.15) is 21.6 Å². The van der Waals surface area contributed by atoms with E-state index in [0.29, 0.717) is 16.5 Å². The Morgan fingerprint density at radius 1 is 1.03 bits per heavy atom. The minimum atomic E-state index is -0.825. The smallest absolute Gasteiger partial charge is 0.307 e. The van der Waals surface area contributed by atoms with E-state index in [4.69, 9.17) is 4.52 Å². The monoisotopic (exact) mass is 496 g/mol. The van der Waals surface area contributed by atoms with Gasteiger partial charge in [0, 0.05) is 12.1 Å². The quantitative estimate of drug-likeness (QED) is 0.229. The summed E-state index contributed by atoms with van der Waals surface area (Å²) in [4.78, 5) is 32.4. The molecule has 1 amide bonds. The highest BCUT2D eigenvalue weighted by Gasteiger charge is 2.34. The van der Waals surface area contributed by atoms with E-state index in [9.17, 15) is 14.7 Å². The number of thioether (sulfide) groups is 1. The van der Waals surface area contributed by atoms with Gasteiger partial charge in [0.2, 0.25) is 11.5 Å². The van der Waals surface area contributed by atoms with Gasteiger partial charge in [-0.05, 0) is 35.4 Å². The number of anilines is 1. The number of amidine groups is 1. The predicted molar refractivity (Wildman–Crippen MR) is 135 cm³/mol. The molecule has 9 heteroatoms. The predicted octanol–water partition coefficient (Wildman–Crippen LogP) is 3.69. The molecule has 0 saturated heterocycles. The van der Waals surface area contributed by atoms with Crippen LogP contribution in [0.25, 0.3) is 11.8 Å². The number of aromatic nitrogens is 2. The summed E-state index contributed by atoms with van der Waals surface area (Å²) in [6, 6.07) is 25.6. The lowest BCUT2D eigenvalue weighted by Crippen LogP contribution is -2.39. The van der Waals surface area contributed by atoms with Crippen molar-refractivity contribution in [1.82, 2.24) is 5.27 Å². The minimum Gasteiger partial charge on any atom is -0.539 e. The molecular weight excluding hydrogens is 476 g/mol. The van der Waals surface area contributed by atoms with Crippen LogP contribution in [-0.4, -0.2) is 27.9 Å². The lowest BCUT2D eigenvalue weighted by atomic mass is 10.1. The third kappa shape index (κ3) is 4.69. The molecule has 0 fully saturated rings. The normalized spacial score (nSPS) is 14.4. The largest absolute Gasteiger partial charge is 0.539 e. The third-order valence-electron chi connectivity index (χ3n) is 5.43. The van der Waals surface area contributed by atoms with Crippen molar-refractivity contribution in [2.24, 2.45) is 4.99 Å². The maximum Gasteiger partial charge on any atom is 0.307 e. The molecule has 0 atom stereocenters. The van der Waals surface area contributed by atoms with Gasteiger partial charge in [-0.3, -0.25) is 14.5 Å². The van der Waals surface area contributed by atoms with Crippen LogP contribution in [-0.2, 0) is 4.79 Å². The Bertz CT molecular complexity index is 1480. The van der Waals surface area contributed by atoms with Gasteiger partial charge < -0.3 is 9.63 Å². The Morgan fingerprint density at radius 2 is 1.69 bits per heavy atom. The van der Waals surface area contributed by atoms with E-state index in [2.05, 4.69) is 10.3 Å². The maximum absolute atomic E-state index is 13.3. The van der Waals surface area contributed by atoms with E-state index >= 15 is 0 Å². The van der Waals surface area contributed by atoms with Crippen molar-refractivity contribution in [3.05, 3.63) is 107 Å². The summed E-state index contributed by atoms with van der Waals surface area (Å²) in [6.07, 6.45) is 1.71. The molecule has 0 N–H and O–H groups in total. The van der Waals surface area contributed by atoms with Crippen molar-refractivity contribution in [2.45, 2.75) is 6.92 Å². The molecule has 1 aliphatic rings. The first-order valence-electron chi connectivity index (χ1n) is 11.1. The standard InChI is InChI=1S/C27H20N4O4S/c1-18-12-14-19(15-13-18)16-22-25(33)30(20-8-4-2-5-9-20)27(28-22)36-17-23(32)24-26(34)35-29-31(24)21-10-6-3-7-11-21/h2-16H,17H2,1H3/b22-16+. The van der Waals surface area contributed by atoms with Crippen molar-refractivity contribution in [2.75, 3.05) is 10.7 Å². The zero-order valence-electron chi connectivity index (χ0n) is 19.2. The van der Waals surface area contributed by atoms with Gasteiger partial charge in [0.15, 0.2) is 11.1 Å². The van der Waals surface area contributed by atoms with E-state index in [-0.39, 0.29) is 23.1 Å². The summed E-state index contributed by atoms with van der Waals surface area (Å²) < 4.78 is 5.95. The summed E-state index contributed by atoms with van der Waals surface area (Å²) in [5.74, 6) is -1.76. The van der Waals surface area contributed by atoms with Crippen LogP contribution in [0.3, 0.4) is 0 Å². The molecule has 5 rings (SSSR count). The van der Waals surface area contributed by atoms with Crippen LogP contribution in [0.5, 0.6) is 5.95 Å². The number of rotatable bonds is 6. The first-order chi connectivity index (χ1) is 17.5. The Kier molecular flexibility index (Phi) is 6.46. The number of benzene rings is 3. The van der Waals surface area contributed by atoms with Gasteiger partial charge in [-0.1, -0.05) is 78.0 Å². The number of ketones is 1. The highest BCUT2D eigenvalue weighted by molar-refractivity contribution is 8.14. The molecule has 0 saturated carbocycles. The van der Waals surface area contributed by atoms with Crippen LogP contribution in [0, 0.1) is 6.92 Å². The van der Waals surface area contributed by atoms with E-state index in [0.717, 1.165) is 22.9 Å². The summed E-state index contributed by atoms with van der Waals surface area (Å²) >= 11 is 1.07. The Hall–Kier alpha value is -4.50. The minimum absolute atomic E-state index is 0.142. The average Bonchev–Trinajstić information content (AvgIpc) is 3.44. The van der Waals surface area contributed by atoms with Crippen LogP contribution in [0.15, 0.2) is 100 Å². The number of aryl methyl sites for hydroxylation is 1. The van der Waals surface area contributed by atoms with Gasteiger partial charge in [0.25, 0.3) is 5.91 Å². The van der Waals surface area contributed by atoms with Crippen LogP contribution >= 0.6 is 11.8 Å². The molecule has 0 bridgehead atoms. The number of hydrogen-bond acceptors (Lipinski definition) is 7. The molecule has 1 aromatic heterocycles. The van der Waals surface area contributed by atoms with Crippen molar-refractivity contribution in [3.8, 4) is 11.6 Å². The van der Waals surface area contributed by atoms with E-state index in [1.807, 2.05) is 55.5 Å². The van der Waals surface area contributed by atoms with E-state index in [1.54, 1.807) is 42.5 Å². The Labute approximate surface area is 211 Å². The van der Waals surface area contributed by atoms with E-state index in [1.165, 1.54) is 9.58 Å². The van der Waals surface area contributed by atoms with Crippen LogP contribution < -0.4 is 14.7 Å². The molecule has 178 valence electrons. The lowest BCUT2D eigenvalue weighted by molar-refractivity contribution is -0.672. The first kappa shape index (κ1) is 23.3. The zero-order chi connectivity index (χ0) is 25.1. The molecule has 3 aromatic carbocycles. The number of Topliss-reactive ketones (excluding diaryl/α,β-unsaturated/α-hetero) is 1. The summed E-state index contributed by atoms with van der Waals surface area (Å²) in [7, 11) is 0. The van der Waals surface area contributed by atoms with Gasteiger partial charge in [0.1, 0.15) is 5.70 Å². The number of carbonyl (C=O) groups is 2. The van der Waals surface area contributed by atoms with Crippen molar-refractivity contribution < 1.29 is 23.9 Å². The topological polar surface area (TPSA) is 103 Å². The maximum atomic E-state index is 13.3. The van der Waals surface area contributed by atoms with Gasteiger partial charge in [-0.15, -0.1) is 0 Å². The van der Waals surface area contributed by atoms with Crippen LogP contribution in [0.2, 0.25) is 0 Å². The fourth-order valence-electron chi connectivity index (χ4n) is 3.64. The molecule has 2 heterocycles. The fourth-order valence-corrected chi connectivity index (χ4v) is 4.52. The van der Waals surface area contributed by atoms with E-state index < -0.39 is 11.7 Å². The second-order valence-corrected chi connectivity index (χ2v) is 8.92. The molecule has 0 spiro atoms. The highest BCUT2D eigenvalue weighted by atomic mass is 32.2. The summed E-state index contributed by atoms with van der Waals surface area (Å²) in [5.41, 5.74) is 3.17. The molecule has 1 aliphatic heterocycles. The SMILES string of the molecule is Cc1ccc(/C=C2/N=C(SCC(=O)c3c([O-])on[n+]3-c3ccccc3)N(c3ccccc3)C2=O)cc1. The molecule has 4 aromatic rings. The number of nitrogens with zero attached hydrogens (tertiary/aromatic N) is 4. The number of para-hydroxylation sites is 2. The number of amides is 1. The third-order valence-corrected chi connectivity index (χ3v) is 6.37. The summed E-state index contributed by atoms with van der Waals surface area (Å²) in [6.45, 7) is 1.99. The van der Waals surface area contributed by atoms with Gasteiger partial charge in [-0.2, -0.15) is 0 Å². The molecule has 0 radical (unpaired) electrons. The Morgan fingerprint density at radius 3 is 2.39 bits per heavy atom. The zero-order valence-corrected chi connectivity index (χ0v) is 20.0. The highest BCUT2D eigenvalue weighted by Crippen LogP contribution is 2.30. The van der Waals surface area contributed by atoms with Gasteiger partial charge in [-0.25, -0.2) is 4.99 Å². The van der Waals surface area contributed by atoms with Crippen molar-refractivity contribution in [1.29, 1.82) is 0 Å². The van der Waals surface area contributed by atoms with Crippen molar-refractivity contribution >= 4 is 40.4 Å². The molecular formula is C27H20N4O4S. The molecule has 0 aliphatic carbocycles. The van der Waals surface area contributed by atoms with Gasteiger partial charge >= 0.3 is 5.69 Å². The summed E-state index contributed by atoms with van der Waals surface area (Å²) in [5, 5.41) is 16.3. The second-order valence-electron chi connectivity index (χ2n) is 7.98. The lowest BCUT2D eigenvalue weighted by Gasteiger charge is -2.17. The Balaban J connectivity index is 1.44. The molecule has 8 nitrogen and oxygen atoms in total. The number of hydrogen-bond donors (Lipinski definition) is 0. The number of aliphatic imine (C=N–C) groups is 1. The second kappa shape index (κ2) is 10.0. The fraction of sp³-hybridized carbons (Fsp3) is 0.0741. The van der Waals surface area contributed by atoms with Gasteiger partial charge in [0.05, 0.1) is 16.7 Å². The number of carbonyl (C=O) groups excluding carboxylic acids is 2. The molecule has 0 unspecified atom stereocenters. The average molecular weight is 497 g/mol.